The Kier molecular flexibility index (Phi) is 2.69. The van der Waals surface area contributed by atoms with Gasteiger partial charge in [0.1, 0.15) is 0 Å². The lowest BCUT2D eigenvalue weighted by Gasteiger charge is -2.75. The van der Waals surface area contributed by atoms with Crippen molar-refractivity contribution in [1.29, 1.82) is 0 Å². The van der Waals surface area contributed by atoms with Gasteiger partial charge >= 0.3 is 29.6 Å². The molecule has 0 radical (unpaired) electrons. The first-order valence-corrected chi connectivity index (χ1v) is 6.08. The molecule has 0 saturated heterocycles. The fourth-order valence-electron chi connectivity index (χ4n) is 3.88. The largest absolute Gasteiger partial charge is 0.376 e. The fourth-order valence-corrected chi connectivity index (χ4v) is 3.88. The van der Waals surface area contributed by atoms with Crippen molar-refractivity contribution in [3.8, 4) is 0 Å². The Balaban J connectivity index is 2.65. The van der Waals surface area contributed by atoms with Crippen molar-refractivity contribution in [2.24, 2.45) is 0 Å². The van der Waals surface area contributed by atoms with Crippen LogP contribution in [0.15, 0.2) is 0 Å². The second-order valence-electron chi connectivity index (χ2n) is 6.19. The molecule has 4 N–H and O–H groups in total. The molecule has 0 spiro atoms. The summed E-state index contributed by atoms with van der Waals surface area (Å²) in [5, 5.41) is 36.9. The smallest absolute Gasteiger partial charge is 0.328 e. The average Bonchev–Trinajstić information content (AvgIpc) is 2.45. The van der Waals surface area contributed by atoms with Gasteiger partial charge in [-0.2, -0.15) is 43.9 Å². The van der Waals surface area contributed by atoms with E-state index in [0.29, 0.717) is 0 Å². The topological polar surface area (TPSA) is 80.9 Å². The van der Waals surface area contributed by atoms with Crippen molar-refractivity contribution in [2.45, 2.75) is 58.2 Å². The fraction of sp³-hybridized carbons (Fsp3) is 1.00. The van der Waals surface area contributed by atoms with Gasteiger partial charge in [-0.05, 0) is 0 Å². The predicted molar refractivity (Wildman–Crippen MR) is 49.4 cm³/mol. The van der Waals surface area contributed by atoms with Gasteiger partial charge in [0.2, 0.25) is 11.2 Å². The van der Waals surface area contributed by atoms with E-state index in [1.807, 2.05) is 0 Å². The molecule has 0 aromatic carbocycles. The summed E-state index contributed by atoms with van der Waals surface area (Å²) in [6.45, 7) is 0. The molecule has 4 aliphatic carbocycles. The van der Waals surface area contributed by atoms with Gasteiger partial charge in [-0.3, -0.25) is 0 Å². The van der Waals surface area contributed by atoms with Crippen LogP contribution < -0.4 is 0 Å². The highest BCUT2D eigenvalue weighted by Crippen LogP contribution is 2.82. The van der Waals surface area contributed by atoms with Crippen LogP contribution in [0, 0.1) is 0 Å². The van der Waals surface area contributed by atoms with Crippen LogP contribution >= 0.6 is 0 Å². The van der Waals surface area contributed by atoms with E-state index in [9.17, 15) is 68.7 Å². The van der Waals surface area contributed by atoms with Crippen LogP contribution in [0.5, 0.6) is 0 Å². The van der Waals surface area contributed by atoms with E-state index in [4.69, 9.17) is 0 Å². The molecule has 0 aromatic rings. The normalized spacial score (nSPS) is 56.0. The molecule has 4 aliphatic rings. The van der Waals surface area contributed by atoms with Gasteiger partial charge in [-0.1, -0.05) is 0 Å². The van der Waals surface area contributed by atoms with E-state index in [2.05, 4.69) is 0 Å². The quantitative estimate of drug-likeness (QED) is 0.448. The molecule has 146 valence electrons. The highest BCUT2D eigenvalue weighted by Gasteiger charge is 3.17. The first-order chi connectivity index (χ1) is 10.7. The maximum Gasteiger partial charge on any atom is 0.328 e. The summed E-state index contributed by atoms with van der Waals surface area (Å²) in [4.78, 5) is 0. The number of hydrogen-bond acceptors (Lipinski definition) is 4. The monoisotopic (exact) mass is 398 g/mol. The Hall–Kier alpha value is -0.930. The van der Waals surface area contributed by atoms with Gasteiger partial charge in [0.05, 0.1) is 0 Å². The molecule has 0 heterocycles. The maximum absolute atomic E-state index is 14.0. The van der Waals surface area contributed by atoms with Crippen molar-refractivity contribution in [3.63, 3.8) is 0 Å². The van der Waals surface area contributed by atoms with Crippen LogP contribution in [0.4, 0.5) is 48.3 Å². The number of halogens is 11. The first kappa shape index (κ1) is 18.8. The maximum atomic E-state index is 14.0. The molecule has 4 bridgehead atoms. The molecule has 0 unspecified atom stereocenters. The van der Waals surface area contributed by atoms with Crippen molar-refractivity contribution >= 4 is 0 Å². The van der Waals surface area contributed by atoms with Gasteiger partial charge in [0.25, 0.3) is 11.2 Å². The zero-order valence-electron chi connectivity index (χ0n) is 11.0. The van der Waals surface area contributed by atoms with Crippen LogP contribution in [0.2, 0.25) is 0 Å². The van der Waals surface area contributed by atoms with E-state index in [-0.39, 0.29) is 0 Å². The molecule has 25 heavy (non-hydrogen) atoms. The molecule has 0 atom stereocenters. The van der Waals surface area contributed by atoms with Gasteiger partial charge in [0.15, 0.2) is 6.17 Å². The standard InChI is InChI=1S/C10H5F11O4/c11-1-2(22)6(12,13)4(24)8(16,17)3(1,23)9(18,19)5(25,7(2,14)15)10(4,20)21/h1,22-25H. The van der Waals surface area contributed by atoms with Gasteiger partial charge in [-0.25, -0.2) is 4.39 Å². The molecule has 4 saturated carbocycles. The van der Waals surface area contributed by atoms with Crippen molar-refractivity contribution < 1.29 is 68.7 Å². The molecule has 15 heteroatoms. The number of aliphatic hydroxyl groups is 4. The van der Waals surface area contributed by atoms with Crippen molar-refractivity contribution in [2.75, 3.05) is 0 Å². The lowest BCUT2D eigenvalue weighted by atomic mass is 9.39. The summed E-state index contributed by atoms with van der Waals surface area (Å²) < 4.78 is 154. The second kappa shape index (κ2) is 3.57. The highest BCUT2D eigenvalue weighted by atomic mass is 19.3. The molecule has 4 fully saturated rings. The predicted octanol–water partition coefficient (Wildman–Crippen LogP) is 0.466. The Labute approximate surface area is 128 Å². The minimum atomic E-state index is -7.13. The van der Waals surface area contributed by atoms with Gasteiger partial charge in [0, 0.05) is 0 Å². The summed E-state index contributed by atoms with van der Waals surface area (Å²) >= 11 is 0. The summed E-state index contributed by atoms with van der Waals surface area (Å²) in [5.74, 6) is -34.7. The summed E-state index contributed by atoms with van der Waals surface area (Å²) in [7, 11) is 0. The zero-order valence-corrected chi connectivity index (χ0v) is 11.0. The van der Waals surface area contributed by atoms with Crippen LogP contribution in [0.25, 0.3) is 0 Å². The summed E-state index contributed by atoms with van der Waals surface area (Å²) in [5.41, 5.74) is -25.8. The van der Waals surface area contributed by atoms with E-state index in [1.165, 1.54) is 0 Å². The van der Waals surface area contributed by atoms with Crippen molar-refractivity contribution in [3.05, 3.63) is 0 Å². The third-order valence-corrected chi connectivity index (χ3v) is 5.37. The zero-order chi connectivity index (χ0) is 20.1. The van der Waals surface area contributed by atoms with E-state index >= 15 is 0 Å². The molecule has 0 amide bonds. The van der Waals surface area contributed by atoms with Gasteiger partial charge < -0.3 is 20.4 Å². The SMILES string of the molecule is OC12C(F)C3(O)C(F)(F)C(O)(C1(F)F)C(F)(F)C(O)(C2(F)F)C3(F)F. The third kappa shape index (κ3) is 1.00. The summed E-state index contributed by atoms with van der Waals surface area (Å²) in [6, 6.07) is 0. The van der Waals surface area contributed by atoms with E-state index < -0.39 is 58.2 Å². The minimum Gasteiger partial charge on any atom is -0.376 e. The minimum absolute atomic E-state index is 5.35. The van der Waals surface area contributed by atoms with E-state index in [1.54, 1.807) is 0 Å². The molecule has 4 nitrogen and oxygen atoms in total. The Morgan fingerprint density at radius 2 is 0.640 bits per heavy atom. The Bertz CT molecular complexity index is 588. The average molecular weight is 398 g/mol. The highest BCUT2D eigenvalue weighted by molar-refractivity contribution is 5.51. The number of hydrogen-bond donors (Lipinski definition) is 4. The number of alkyl halides is 11. The molecule has 0 aliphatic heterocycles. The van der Waals surface area contributed by atoms with Crippen LogP contribution in [0.1, 0.15) is 0 Å². The number of rotatable bonds is 0. The lowest BCUT2D eigenvalue weighted by molar-refractivity contribution is -0.614. The molecule has 0 aromatic heterocycles. The van der Waals surface area contributed by atoms with Crippen LogP contribution in [0.3, 0.4) is 0 Å². The Morgan fingerprint density at radius 1 is 0.440 bits per heavy atom. The molecule has 4 rings (SSSR count). The van der Waals surface area contributed by atoms with Crippen LogP contribution in [-0.4, -0.2) is 78.6 Å². The molecular weight excluding hydrogens is 393 g/mol. The second-order valence-corrected chi connectivity index (χ2v) is 6.19. The van der Waals surface area contributed by atoms with E-state index in [0.717, 1.165) is 0 Å². The lowest BCUT2D eigenvalue weighted by Crippen LogP contribution is -3.10. The van der Waals surface area contributed by atoms with Crippen molar-refractivity contribution in [1.82, 2.24) is 0 Å². The third-order valence-electron chi connectivity index (χ3n) is 5.37. The first-order valence-electron chi connectivity index (χ1n) is 6.08. The Morgan fingerprint density at radius 3 is 0.840 bits per heavy atom. The van der Waals surface area contributed by atoms with Crippen LogP contribution in [-0.2, 0) is 0 Å². The van der Waals surface area contributed by atoms with Gasteiger partial charge in [-0.15, -0.1) is 0 Å². The molecular formula is C10H5F11O4. The summed E-state index contributed by atoms with van der Waals surface area (Å²) in [6.07, 6.45) is -5.35.